The fraction of sp³-hybridized carbons (Fsp3) is 0.909. The molecule has 0 N–H and O–H groups in total. The van der Waals surface area contributed by atoms with E-state index in [2.05, 4.69) is 19.9 Å². The van der Waals surface area contributed by atoms with E-state index in [4.69, 9.17) is 4.74 Å². The summed E-state index contributed by atoms with van der Waals surface area (Å²) in [5, 5.41) is 9.49. The topological polar surface area (TPSA) is 50.1 Å². The van der Waals surface area contributed by atoms with Crippen LogP contribution in [0.4, 0.5) is 0 Å². The highest BCUT2D eigenvalue weighted by Gasteiger charge is 2.37. The first kappa shape index (κ1) is 20.3. The van der Waals surface area contributed by atoms with Crippen LogP contribution in [0, 0.1) is 28.6 Å². The second kappa shape index (κ2) is 10.2. The van der Waals surface area contributed by atoms with Gasteiger partial charge >= 0.3 is 5.97 Å². The van der Waals surface area contributed by atoms with Crippen molar-refractivity contribution in [2.75, 3.05) is 0 Å². The number of hydrogen-bond donors (Lipinski definition) is 0. The van der Waals surface area contributed by atoms with Crippen LogP contribution in [0.5, 0.6) is 0 Å². The molecule has 0 unspecified atom stereocenters. The van der Waals surface area contributed by atoms with E-state index < -0.39 is 0 Å². The molecule has 0 spiro atoms. The molecule has 3 nitrogen and oxygen atoms in total. The molecule has 2 aliphatic rings. The van der Waals surface area contributed by atoms with Gasteiger partial charge in [-0.3, -0.25) is 4.79 Å². The van der Waals surface area contributed by atoms with Gasteiger partial charge in [0.15, 0.2) is 0 Å². The van der Waals surface area contributed by atoms with Crippen molar-refractivity contribution < 1.29 is 9.53 Å². The summed E-state index contributed by atoms with van der Waals surface area (Å²) in [5.41, 5.74) is -0.159. The Kier molecular flexibility index (Phi) is 8.27. The van der Waals surface area contributed by atoms with Gasteiger partial charge in [-0.05, 0) is 63.7 Å². The summed E-state index contributed by atoms with van der Waals surface area (Å²) >= 11 is 0. The van der Waals surface area contributed by atoms with Crippen LogP contribution >= 0.6 is 0 Å². The molecule has 3 heteroatoms. The van der Waals surface area contributed by atoms with Crippen molar-refractivity contribution in [1.29, 1.82) is 5.26 Å². The summed E-state index contributed by atoms with van der Waals surface area (Å²) in [5.74, 6) is 0.994. The Bertz CT molecular complexity index is 437. The highest BCUT2D eigenvalue weighted by molar-refractivity contribution is 5.72. The quantitative estimate of drug-likeness (QED) is 0.390. The van der Waals surface area contributed by atoms with E-state index in [-0.39, 0.29) is 23.4 Å². The molecule has 0 amide bonds. The van der Waals surface area contributed by atoms with E-state index in [9.17, 15) is 10.1 Å². The van der Waals surface area contributed by atoms with Crippen LogP contribution in [0.15, 0.2) is 0 Å². The number of carbonyl (C=O) groups excluding carboxylic acids is 1. The van der Waals surface area contributed by atoms with Crippen LogP contribution < -0.4 is 0 Å². The molecule has 25 heavy (non-hydrogen) atoms. The normalized spacial score (nSPS) is 32.8. The van der Waals surface area contributed by atoms with E-state index in [0.717, 1.165) is 57.3 Å². The molecule has 142 valence electrons. The average molecular weight is 348 g/mol. The van der Waals surface area contributed by atoms with Crippen molar-refractivity contribution in [3.63, 3.8) is 0 Å². The number of carbonyl (C=O) groups is 1. The van der Waals surface area contributed by atoms with Crippen molar-refractivity contribution in [3.8, 4) is 6.07 Å². The zero-order valence-corrected chi connectivity index (χ0v) is 16.4. The van der Waals surface area contributed by atoms with Gasteiger partial charge in [0.2, 0.25) is 0 Å². The molecule has 0 aliphatic heterocycles. The Morgan fingerprint density at radius 3 is 2.28 bits per heavy atom. The number of nitrogens with zero attached hydrogens (tertiary/aromatic N) is 1. The van der Waals surface area contributed by atoms with Crippen LogP contribution in [0.3, 0.4) is 0 Å². The summed E-state index contributed by atoms with van der Waals surface area (Å²) in [7, 11) is 0. The second-order valence-electron chi connectivity index (χ2n) is 8.49. The number of ether oxygens (including phenoxy) is 1. The van der Waals surface area contributed by atoms with Crippen LogP contribution in [-0.2, 0) is 9.53 Å². The highest BCUT2D eigenvalue weighted by Crippen LogP contribution is 2.41. The van der Waals surface area contributed by atoms with Crippen LogP contribution in [-0.4, -0.2) is 12.1 Å². The second-order valence-corrected chi connectivity index (χ2v) is 8.49. The lowest BCUT2D eigenvalue weighted by Crippen LogP contribution is -2.33. The van der Waals surface area contributed by atoms with Crippen LogP contribution in [0.1, 0.15) is 104 Å². The molecule has 2 rings (SSSR count). The van der Waals surface area contributed by atoms with Crippen LogP contribution in [0.25, 0.3) is 0 Å². The third-order valence-corrected chi connectivity index (χ3v) is 6.53. The molecule has 2 saturated carbocycles. The van der Waals surface area contributed by atoms with E-state index in [1.165, 1.54) is 38.5 Å². The Labute approximate surface area is 154 Å². The van der Waals surface area contributed by atoms with Gasteiger partial charge in [0.25, 0.3) is 0 Å². The minimum absolute atomic E-state index is 0.0388. The maximum atomic E-state index is 12.5. The largest absolute Gasteiger partial charge is 0.462 e. The van der Waals surface area contributed by atoms with Crippen molar-refractivity contribution in [2.45, 2.75) is 110 Å². The molecular weight excluding hydrogens is 310 g/mol. The summed E-state index contributed by atoms with van der Waals surface area (Å²) in [6, 6.07) is 2.54. The minimum atomic E-state index is -0.159. The lowest BCUT2D eigenvalue weighted by Gasteiger charge is -2.35. The predicted molar refractivity (Wildman–Crippen MR) is 101 cm³/mol. The van der Waals surface area contributed by atoms with Gasteiger partial charge in [-0.15, -0.1) is 0 Å². The molecule has 0 radical (unpaired) electrons. The summed E-state index contributed by atoms with van der Waals surface area (Å²) < 4.78 is 5.83. The first-order chi connectivity index (χ1) is 12.1. The third-order valence-electron chi connectivity index (χ3n) is 6.53. The van der Waals surface area contributed by atoms with Crippen molar-refractivity contribution in [2.24, 2.45) is 17.3 Å². The molecule has 2 aliphatic carbocycles. The van der Waals surface area contributed by atoms with E-state index in [1.54, 1.807) is 0 Å². The summed E-state index contributed by atoms with van der Waals surface area (Å²) in [6.07, 6.45) is 15.3. The first-order valence-corrected chi connectivity index (χ1v) is 10.7. The van der Waals surface area contributed by atoms with E-state index in [1.807, 2.05) is 0 Å². The van der Waals surface area contributed by atoms with Gasteiger partial charge in [0.05, 0.1) is 17.4 Å². The standard InChI is InChI=1S/C22H37NO2/c1-3-5-6-7-18-8-10-19(11-9-18)21(24)25-20-12-15-22(17-23,14-4-2)16-13-20/h18-20H,3-16H2,1-2H3/t18-,19-,20-,22-. The summed E-state index contributed by atoms with van der Waals surface area (Å²) in [4.78, 5) is 12.5. The molecule has 0 aromatic rings. The zero-order chi connectivity index (χ0) is 18.1. The smallest absolute Gasteiger partial charge is 0.309 e. The Morgan fingerprint density at radius 2 is 1.72 bits per heavy atom. The fourth-order valence-corrected chi connectivity index (χ4v) is 4.79. The van der Waals surface area contributed by atoms with Gasteiger partial charge < -0.3 is 4.74 Å². The van der Waals surface area contributed by atoms with Gasteiger partial charge in [0, 0.05) is 0 Å². The molecule has 0 atom stereocenters. The van der Waals surface area contributed by atoms with Gasteiger partial charge in [-0.25, -0.2) is 0 Å². The van der Waals surface area contributed by atoms with Gasteiger partial charge in [-0.2, -0.15) is 5.26 Å². The molecule has 0 aromatic carbocycles. The molecule has 0 bridgehead atoms. The molecule has 0 saturated heterocycles. The number of hydrogen-bond acceptors (Lipinski definition) is 3. The van der Waals surface area contributed by atoms with Crippen molar-refractivity contribution in [1.82, 2.24) is 0 Å². The highest BCUT2D eigenvalue weighted by atomic mass is 16.5. The molecule has 0 heterocycles. The first-order valence-electron chi connectivity index (χ1n) is 10.7. The van der Waals surface area contributed by atoms with Gasteiger partial charge in [-0.1, -0.05) is 46.0 Å². The lowest BCUT2D eigenvalue weighted by molar-refractivity contribution is -0.158. The maximum Gasteiger partial charge on any atom is 0.309 e. The third kappa shape index (κ3) is 6.01. The number of rotatable bonds is 8. The maximum absolute atomic E-state index is 12.5. The zero-order valence-electron chi connectivity index (χ0n) is 16.4. The van der Waals surface area contributed by atoms with Crippen molar-refractivity contribution in [3.05, 3.63) is 0 Å². The summed E-state index contributed by atoms with van der Waals surface area (Å²) in [6.45, 7) is 4.39. The molecule has 2 fully saturated rings. The predicted octanol–water partition coefficient (Wildman–Crippen LogP) is 6.17. The lowest BCUT2D eigenvalue weighted by atomic mass is 9.71. The van der Waals surface area contributed by atoms with Crippen LogP contribution in [0.2, 0.25) is 0 Å². The van der Waals surface area contributed by atoms with E-state index in [0.29, 0.717) is 0 Å². The molecule has 0 aromatic heterocycles. The Balaban J connectivity index is 1.69. The van der Waals surface area contributed by atoms with Crippen molar-refractivity contribution >= 4 is 5.97 Å². The van der Waals surface area contributed by atoms with E-state index >= 15 is 0 Å². The SMILES string of the molecule is CCCCC[C@H]1CC[C@H](C(=O)O[C@H]2CC[C@@](C#N)(CCC)CC2)CC1. The Hall–Kier alpha value is -1.04. The fourth-order valence-electron chi connectivity index (χ4n) is 4.79. The number of nitriles is 1. The minimum Gasteiger partial charge on any atom is -0.462 e. The average Bonchev–Trinajstić information content (AvgIpc) is 2.64. The Morgan fingerprint density at radius 1 is 1.04 bits per heavy atom. The van der Waals surface area contributed by atoms with Gasteiger partial charge in [0.1, 0.15) is 6.10 Å². The number of esters is 1. The number of unbranched alkanes of at least 4 members (excludes halogenated alkanes) is 2. The molecular formula is C22H37NO2. The monoisotopic (exact) mass is 347 g/mol.